The summed E-state index contributed by atoms with van der Waals surface area (Å²) in [7, 11) is 0. The second-order valence-corrected chi connectivity index (χ2v) is 3.61. The maximum Gasteiger partial charge on any atom is 0.0266 e. The van der Waals surface area contributed by atoms with Crippen LogP contribution in [0.1, 0.15) is 6.42 Å². The highest BCUT2D eigenvalue weighted by Gasteiger charge is 2.40. The van der Waals surface area contributed by atoms with E-state index in [2.05, 4.69) is 24.5 Å². The highest BCUT2D eigenvalue weighted by Crippen LogP contribution is 2.47. The Morgan fingerprint density at radius 1 is 1.64 bits per heavy atom. The van der Waals surface area contributed by atoms with Crippen molar-refractivity contribution in [1.82, 2.24) is 0 Å². The zero-order chi connectivity index (χ0) is 7.84. The molecule has 11 heavy (non-hydrogen) atoms. The van der Waals surface area contributed by atoms with Gasteiger partial charge in [0.1, 0.15) is 0 Å². The number of halogens is 1. The lowest BCUT2D eigenvalue weighted by molar-refractivity contribution is 0.489. The van der Waals surface area contributed by atoms with Crippen LogP contribution < -0.4 is 0 Å². The van der Waals surface area contributed by atoms with E-state index in [4.69, 9.17) is 11.6 Å². The Balaban J connectivity index is 2.31. The maximum atomic E-state index is 5.86. The van der Waals surface area contributed by atoms with Crippen LogP contribution in [-0.2, 0) is 0 Å². The first-order valence-corrected chi connectivity index (χ1v) is 4.53. The molecule has 0 radical (unpaired) electrons. The number of hydrogen-bond acceptors (Lipinski definition) is 0. The normalized spacial score (nSPS) is 39.7. The van der Waals surface area contributed by atoms with Gasteiger partial charge in [0.15, 0.2) is 0 Å². The summed E-state index contributed by atoms with van der Waals surface area (Å²) in [6.07, 6.45) is 5.69. The highest BCUT2D eigenvalue weighted by molar-refractivity contribution is 6.18. The van der Waals surface area contributed by atoms with Gasteiger partial charge in [0.2, 0.25) is 0 Å². The van der Waals surface area contributed by atoms with Crippen molar-refractivity contribution >= 4 is 11.6 Å². The number of allylic oxidation sites excluding steroid dienone is 3. The van der Waals surface area contributed by atoms with Gasteiger partial charge in [0.05, 0.1) is 0 Å². The van der Waals surface area contributed by atoms with Crippen molar-refractivity contribution in [1.29, 1.82) is 0 Å². The molecule has 58 valence electrons. The molecule has 0 nitrogen and oxygen atoms in total. The molecule has 0 spiro atoms. The topological polar surface area (TPSA) is 0 Å². The van der Waals surface area contributed by atoms with Crippen LogP contribution in [-0.4, -0.2) is 5.88 Å². The molecule has 0 heterocycles. The second kappa shape index (κ2) is 2.55. The molecule has 0 amide bonds. The Morgan fingerprint density at radius 2 is 2.45 bits per heavy atom. The summed E-state index contributed by atoms with van der Waals surface area (Å²) in [4.78, 5) is 0. The number of hydrogen-bond donors (Lipinski definition) is 0. The molecule has 2 rings (SSSR count). The van der Waals surface area contributed by atoms with Crippen molar-refractivity contribution < 1.29 is 0 Å². The summed E-state index contributed by atoms with van der Waals surface area (Å²) >= 11 is 5.86. The van der Waals surface area contributed by atoms with E-state index in [1.54, 1.807) is 0 Å². The quantitative estimate of drug-likeness (QED) is 0.319. The molecule has 2 bridgehead atoms. The zero-order valence-corrected chi connectivity index (χ0v) is 7.14. The zero-order valence-electron chi connectivity index (χ0n) is 6.39. The molecule has 0 saturated heterocycles. The predicted octanol–water partition coefficient (Wildman–Crippen LogP) is 2.76. The standard InChI is InChI=1S/C10H11Cl/c1-2-7-5-8-3-4-9(7)10(8)6-11/h3-4,8-10H,1,5-6H2. The minimum Gasteiger partial charge on any atom is -0.129 e. The van der Waals surface area contributed by atoms with Crippen LogP contribution in [0.4, 0.5) is 0 Å². The van der Waals surface area contributed by atoms with E-state index < -0.39 is 0 Å². The first-order chi connectivity index (χ1) is 5.36. The van der Waals surface area contributed by atoms with Crippen molar-refractivity contribution in [3.8, 4) is 0 Å². The molecule has 2 aliphatic carbocycles. The SMILES string of the molecule is C=C=C1CC2C=CC1C2CCl. The molecule has 0 aliphatic heterocycles. The fourth-order valence-corrected chi connectivity index (χ4v) is 2.62. The van der Waals surface area contributed by atoms with Gasteiger partial charge in [-0.1, -0.05) is 18.7 Å². The van der Waals surface area contributed by atoms with Gasteiger partial charge in [-0.2, -0.15) is 0 Å². The Morgan fingerprint density at radius 3 is 2.91 bits per heavy atom. The third-order valence-corrected chi connectivity index (χ3v) is 3.20. The molecule has 0 aromatic heterocycles. The van der Waals surface area contributed by atoms with Gasteiger partial charge in [-0.05, 0) is 23.8 Å². The van der Waals surface area contributed by atoms with Gasteiger partial charge in [0, 0.05) is 11.8 Å². The fourth-order valence-electron chi connectivity index (χ4n) is 2.20. The smallest absolute Gasteiger partial charge is 0.0266 e. The molecular formula is C10H11Cl. The van der Waals surface area contributed by atoms with Crippen molar-refractivity contribution in [3.05, 3.63) is 30.0 Å². The molecule has 3 atom stereocenters. The average Bonchev–Trinajstić information content (AvgIpc) is 2.59. The third kappa shape index (κ3) is 0.903. The number of rotatable bonds is 1. The Kier molecular flexibility index (Phi) is 1.67. The fraction of sp³-hybridized carbons (Fsp3) is 0.500. The van der Waals surface area contributed by atoms with Crippen LogP contribution in [0, 0.1) is 17.8 Å². The molecule has 0 aromatic carbocycles. The maximum absolute atomic E-state index is 5.86. The number of alkyl halides is 1. The van der Waals surface area contributed by atoms with Crippen molar-refractivity contribution in [3.63, 3.8) is 0 Å². The van der Waals surface area contributed by atoms with Crippen LogP contribution in [0.3, 0.4) is 0 Å². The second-order valence-electron chi connectivity index (χ2n) is 3.30. The van der Waals surface area contributed by atoms with E-state index in [-0.39, 0.29) is 0 Å². The predicted molar refractivity (Wildman–Crippen MR) is 47.6 cm³/mol. The van der Waals surface area contributed by atoms with Crippen LogP contribution in [0.5, 0.6) is 0 Å². The lowest BCUT2D eigenvalue weighted by Gasteiger charge is -2.09. The van der Waals surface area contributed by atoms with Crippen LogP contribution in [0.2, 0.25) is 0 Å². The molecule has 0 N–H and O–H groups in total. The summed E-state index contributed by atoms with van der Waals surface area (Å²) in [5, 5.41) is 0. The minimum absolute atomic E-state index is 0.565. The molecular weight excluding hydrogens is 156 g/mol. The van der Waals surface area contributed by atoms with Gasteiger partial charge in [0.25, 0.3) is 0 Å². The van der Waals surface area contributed by atoms with Gasteiger partial charge in [-0.25, -0.2) is 0 Å². The number of fused-ring (bicyclic) bond motifs is 2. The summed E-state index contributed by atoms with van der Waals surface area (Å²) in [5.41, 5.74) is 4.38. The third-order valence-electron chi connectivity index (χ3n) is 2.84. The van der Waals surface area contributed by atoms with E-state index in [0.29, 0.717) is 17.8 Å². The molecule has 1 heteroatoms. The highest BCUT2D eigenvalue weighted by atomic mass is 35.5. The van der Waals surface area contributed by atoms with E-state index in [0.717, 1.165) is 12.3 Å². The Hall–Kier alpha value is -0.450. The summed E-state index contributed by atoms with van der Waals surface area (Å²) in [5.74, 6) is 2.66. The van der Waals surface area contributed by atoms with Crippen molar-refractivity contribution in [2.75, 3.05) is 5.88 Å². The van der Waals surface area contributed by atoms with Gasteiger partial charge < -0.3 is 0 Å². The van der Waals surface area contributed by atoms with Crippen LogP contribution in [0.15, 0.2) is 30.0 Å². The van der Waals surface area contributed by atoms with Crippen LogP contribution >= 0.6 is 11.6 Å². The summed E-state index contributed by atoms with van der Waals surface area (Å²) in [6, 6.07) is 0. The van der Waals surface area contributed by atoms with Gasteiger partial charge in [-0.15, -0.1) is 17.3 Å². The molecule has 1 fully saturated rings. The van der Waals surface area contributed by atoms with Crippen LogP contribution in [0.25, 0.3) is 0 Å². The Bertz CT molecular complexity index is 246. The molecule has 1 saturated carbocycles. The first-order valence-electron chi connectivity index (χ1n) is 4.00. The minimum atomic E-state index is 0.565. The molecule has 3 unspecified atom stereocenters. The molecule has 2 aliphatic rings. The lowest BCUT2D eigenvalue weighted by Crippen LogP contribution is -2.08. The summed E-state index contributed by atoms with van der Waals surface area (Å²) < 4.78 is 0. The van der Waals surface area contributed by atoms with E-state index in [1.165, 1.54) is 5.57 Å². The first kappa shape index (κ1) is 7.21. The van der Waals surface area contributed by atoms with E-state index >= 15 is 0 Å². The molecule has 0 aromatic rings. The average molecular weight is 167 g/mol. The lowest BCUT2D eigenvalue weighted by atomic mass is 9.98. The van der Waals surface area contributed by atoms with Crippen molar-refractivity contribution in [2.45, 2.75) is 6.42 Å². The van der Waals surface area contributed by atoms with E-state index in [9.17, 15) is 0 Å². The Labute approximate surface area is 72.2 Å². The largest absolute Gasteiger partial charge is 0.129 e. The summed E-state index contributed by atoms with van der Waals surface area (Å²) in [6.45, 7) is 3.69. The van der Waals surface area contributed by atoms with E-state index in [1.807, 2.05) is 0 Å². The van der Waals surface area contributed by atoms with Gasteiger partial charge >= 0.3 is 0 Å². The van der Waals surface area contributed by atoms with Gasteiger partial charge in [-0.3, -0.25) is 0 Å². The van der Waals surface area contributed by atoms with Crippen molar-refractivity contribution in [2.24, 2.45) is 17.8 Å². The monoisotopic (exact) mass is 166 g/mol.